The van der Waals surface area contributed by atoms with Crippen LogP contribution < -0.4 is 21.3 Å². The van der Waals surface area contributed by atoms with Crippen molar-refractivity contribution in [2.45, 2.75) is 26.2 Å². The molecule has 7 nitrogen and oxygen atoms in total. The highest BCUT2D eigenvalue weighted by Gasteiger charge is 2.20. The van der Waals surface area contributed by atoms with Crippen molar-refractivity contribution >= 4 is 28.3 Å². The lowest BCUT2D eigenvalue weighted by Gasteiger charge is -2.23. The number of carbonyl (C=O) groups excluding carboxylic acids is 1. The summed E-state index contributed by atoms with van der Waals surface area (Å²) < 4.78 is 2.73. The van der Waals surface area contributed by atoms with E-state index in [4.69, 9.17) is 0 Å². The van der Waals surface area contributed by atoms with Gasteiger partial charge in [-0.25, -0.2) is 0 Å². The topological polar surface area (TPSA) is 76.3 Å². The lowest BCUT2D eigenvalue weighted by Crippen LogP contribution is -2.39. The Morgan fingerprint density at radius 1 is 0.967 bits per heavy atom. The zero-order valence-electron chi connectivity index (χ0n) is 17.6. The normalized spacial score (nSPS) is 13.8. The van der Waals surface area contributed by atoms with Gasteiger partial charge in [-0.2, -0.15) is 0 Å². The third-order valence-corrected chi connectivity index (χ3v) is 5.94. The number of carbonyl (C=O) groups is 1. The number of anilines is 2. The second-order valence-electron chi connectivity index (χ2n) is 7.93. The Labute approximate surface area is 174 Å². The molecule has 0 bridgehead atoms. The predicted molar refractivity (Wildman–Crippen MR) is 119 cm³/mol. The largest absolute Gasteiger partial charge is 0.370 e. The van der Waals surface area contributed by atoms with Gasteiger partial charge in [-0.05, 0) is 43.0 Å². The van der Waals surface area contributed by atoms with E-state index in [0.29, 0.717) is 16.7 Å². The van der Waals surface area contributed by atoms with Gasteiger partial charge >= 0.3 is 11.1 Å². The molecule has 0 saturated carbocycles. The third kappa shape index (κ3) is 3.51. The standard InChI is InChI=1S/C23H26N4O3/c1-15-8-4-5-9-16(15)12-21(28)24-17-13-19-20(14-18(17)27-10-6-7-11-27)26(3)23(30)22(29)25(19)2/h4-5,8-9,13-14H,6-7,10-12H2,1-3H3,(H,24,28). The van der Waals surface area contributed by atoms with Crippen molar-refractivity contribution in [2.24, 2.45) is 14.1 Å². The molecule has 0 aliphatic carbocycles. The second-order valence-corrected chi connectivity index (χ2v) is 7.93. The average Bonchev–Trinajstić information content (AvgIpc) is 3.26. The van der Waals surface area contributed by atoms with Crippen molar-refractivity contribution in [2.75, 3.05) is 23.3 Å². The second kappa shape index (κ2) is 7.82. The molecular weight excluding hydrogens is 380 g/mol. The fourth-order valence-electron chi connectivity index (χ4n) is 4.10. The SMILES string of the molecule is Cc1ccccc1CC(=O)Nc1cc2c(cc1N1CCCC1)n(C)c(=O)c(=O)n2C. The fraction of sp³-hybridized carbons (Fsp3) is 0.348. The Balaban J connectivity index is 1.79. The highest BCUT2D eigenvalue weighted by Crippen LogP contribution is 2.33. The highest BCUT2D eigenvalue weighted by molar-refractivity contribution is 5.99. The van der Waals surface area contributed by atoms with Crippen molar-refractivity contribution in [3.63, 3.8) is 0 Å². The van der Waals surface area contributed by atoms with Crippen LogP contribution in [0.1, 0.15) is 24.0 Å². The Bertz CT molecular complexity index is 1250. The first-order chi connectivity index (χ1) is 14.4. The van der Waals surface area contributed by atoms with E-state index in [1.54, 1.807) is 20.2 Å². The van der Waals surface area contributed by atoms with Gasteiger partial charge in [0.15, 0.2) is 0 Å². The molecule has 156 valence electrons. The number of fused-ring (bicyclic) bond motifs is 1. The van der Waals surface area contributed by atoms with Gasteiger partial charge in [-0.3, -0.25) is 14.4 Å². The molecule has 0 unspecified atom stereocenters. The Morgan fingerprint density at radius 3 is 2.20 bits per heavy atom. The number of benzene rings is 2. The predicted octanol–water partition coefficient (Wildman–Crippen LogP) is 2.33. The van der Waals surface area contributed by atoms with Crippen LogP contribution in [0.4, 0.5) is 11.4 Å². The minimum absolute atomic E-state index is 0.112. The molecule has 0 spiro atoms. The zero-order valence-corrected chi connectivity index (χ0v) is 17.6. The molecule has 1 aliphatic rings. The van der Waals surface area contributed by atoms with Crippen LogP contribution in [0.5, 0.6) is 0 Å². The molecule has 4 rings (SSSR count). The average molecular weight is 406 g/mol. The number of nitrogens with one attached hydrogen (secondary N) is 1. The summed E-state index contributed by atoms with van der Waals surface area (Å²) in [5.41, 5.74) is 3.72. The Kier molecular flexibility index (Phi) is 5.20. The van der Waals surface area contributed by atoms with Gasteiger partial charge in [0.05, 0.1) is 28.8 Å². The van der Waals surface area contributed by atoms with Gasteiger partial charge in [0, 0.05) is 27.2 Å². The quantitative estimate of drug-likeness (QED) is 0.675. The van der Waals surface area contributed by atoms with Gasteiger partial charge in [-0.1, -0.05) is 24.3 Å². The van der Waals surface area contributed by atoms with Gasteiger partial charge in [0.2, 0.25) is 5.91 Å². The third-order valence-electron chi connectivity index (χ3n) is 5.94. The van der Waals surface area contributed by atoms with E-state index in [1.165, 1.54) is 9.13 Å². The lowest BCUT2D eigenvalue weighted by molar-refractivity contribution is -0.115. The molecule has 0 atom stereocenters. The van der Waals surface area contributed by atoms with Gasteiger partial charge in [0.25, 0.3) is 0 Å². The molecule has 1 aliphatic heterocycles. The summed E-state index contributed by atoms with van der Waals surface area (Å²) in [6, 6.07) is 11.5. The number of hydrogen-bond donors (Lipinski definition) is 1. The molecule has 30 heavy (non-hydrogen) atoms. The molecule has 3 aromatic rings. The van der Waals surface area contributed by atoms with E-state index < -0.39 is 11.1 Å². The highest BCUT2D eigenvalue weighted by atomic mass is 16.2. The van der Waals surface area contributed by atoms with Crippen LogP contribution in [-0.4, -0.2) is 28.1 Å². The number of hydrogen-bond acceptors (Lipinski definition) is 4. The van der Waals surface area contributed by atoms with Gasteiger partial charge in [-0.15, -0.1) is 0 Å². The number of aryl methyl sites for hydroxylation is 3. The lowest BCUT2D eigenvalue weighted by atomic mass is 10.1. The molecule has 1 saturated heterocycles. The summed E-state index contributed by atoms with van der Waals surface area (Å²) in [6.07, 6.45) is 2.44. The molecule has 2 aromatic carbocycles. The maximum Gasteiger partial charge on any atom is 0.316 e. The summed E-state index contributed by atoms with van der Waals surface area (Å²) in [4.78, 5) is 39.6. The number of rotatable bonds is 4. The maximum absolute atomic E-state index is 12.9. The van der Waals surface area contributed by atoms with E-state index in [0.717, 1.165) is 42.7 Å². The van der Waals surface area contributed by atoms with E-state index in [-0.39, 0.29) is 12.3 Å². The van der Waals surface area contributed by atoms with Crippen LogP contribution in [0, 0.1) is 6.92 Å². The molecular formula is C23H26N4O3. The van der Waals surface area contributed by atoms with Crippen LogP contribution in [0.15, 0.2) is 46.0 Å². The first-order valence-corrected chi connectivity index (χ1v) is 10.2. The van der Waals surface area contributed by atoms with Crippen LogP contribution in [-0.2, 0) is 25.3 Å². The van der Waals surface area contributed by atoms with Crippen LogP contribution >= 0.6 is 0 Å². The van der Waals surface area contributed by atoms with E-state index >= 15 is 0 Å². The minimum atomic E-state index is -0.587. The molecule has 7 heteroatoms. The maximum atomic E-state index is 12.9. The molecule has 1 fully saturated rings. The number of nitrogens with zero attached hydrogens (tertiary/aromatic N) is 3. The Hall–Kier alpha value is -3.35. The first kappa shape index (κ1) is 19.9. The van der Waals surface area contributed by atoms with E-state index in [1.807, 2.05) is 37.3 Å². The summed E-state index contributed by atoms with van der Waals surface area (Å²) in [5.74, 6) is -0.112. The minimum Gasteiger partial charge on any atom is -0.370 e. The first-order valence-electron chi connectivity index (χ1n) is 10.2. The molecule has 1 N–H and O–H groups in total. The van der Waals surface area contributed by atoms with E-state index in [2.05, 4.69) is 10.2 Å². The summed E-state index contributed by atoms with van der Waals surface area (Å²) in [7, 11) is 3.19. The number of aromatic nitrogens is 2. The number of amides is 1. The summed E-state index contributed by atoms with van der Waals surface area (Å²) in [6.45, 7) is 3.78. The Morgan fingerprint density at radius 2 is 1.57 bits per heavy atom. The summed E-state index contributed by atoms with van der Waals surface area (Å²) in [5, 5.41) is 3.05. The van der Waals surface area contributed by atoms with Gasteiger partial charge in [0.1, 0.15) is 0 Å². The zero-order chi connectivity index (χ0) is 21.4. The summed E-state index contributed by atoms with van der Waals surface area (Å²) >= 11 is 0. The molecule has 0 radical (unpaired) electrons. The molecule has 1 aromatic heterocycles. The van der Waals surface area contributed by atoms with E-state index in [9.17, 15) is 14.4 Å². The molecule has 1 amide bonds. The smallest absolute Gasteiger partial charge is 0.316 e. The fourth-order valence-corrected chi connectivity index (χ4v) is 4.10. The van der Waals surface area contributed by atoms with Crippen LogP contribution in [0.2, 0.25) is 0 Å². The van der Waals surface area contributed by atoms with Crippen LogP contribution in [0.3, 0.4) is 0 Å². The van der Waals surface area contributed by atoms with Crippen molar-refractivity contribution in [1.82, 2.24) is 9.13 Å². The molecule has 2 heterocycles. The van der Waals surface area contributed by atoms with Gasteiger partial charge < -0.3 is 19.4 Å². The monoisotopic (exact) mass is 406 g/mol. The van der Waals surface area contributed by atoms with Crippen molar-refractivity contribution in [3.8, 4) is 0 Å². The van der Waals surface area contributed by atoms with Crippen molar-refractivity contribution in [1.29, 1.82) is 0 Å². The van der Waals surface area contributed by atoms with Crippen molar-refractivity contribution in [3.05, 3.63) is 68.2 Å². The van der Waals surface area contributed by atoms with Crippen LogP contribution in [0.25, 0.3) is 11.0 Å². The van der Waals surface area contributed by atoms with Crippen molar-refractivity contribution < 1.29 is 4.79 Å².